The van der Waals surface area contributed by atoms with Crippen LogP contribution in [-0.2, 0) is 10.2 Å². The zero-order valence-electron chi connectivity index (χ0n) is 12.9. The number of anilines is 1. The molecule has 0 unspecified atom stereocenters. The second kappa shape index (κ2) is 7.06. The van der Waals surface area contributed by atoms with E-state index in [1.54, 1.807) is 7.05 Å². The largest absolute Gasteiger partial charge is 0.371 e. The van der Waals surface area contributed by atoms with Crippen molar-refractivity contribution >= 4 is 15.9 Å². The molecule has 0 heterocycles. The van der Waals surface area contributed by atoms with Gasteiger partial charge in [-0.05, 0) is 32.9 Å². The van der Waals surface area contributed by atoms with Crippen molar-refractivity contribution in [2.45, 2.75) is 32.9 Å². The van der Waals surface area contributed by atoms with Gasteiger partial charge in [-0.1, -0.05) is 18.2 Å². The second-order valence-electron chi connectivity index (χ2n) is 5.26. The van der Waals surface area contributed by atoms with Crippen LogP contribution in [0.5, 0.6) is 0 Å². The second-order valence-corrected chi connectivity index (χ2v) is 7.07. The molecular weight excluding hydrogens is 274 g/mol. The van der Waals surface area contributed by atoms with E-state index in [2.05, 4.69) is 9.62 Å². The molecule has 0 aliphatic carbocycles. The van der Waals surface area contributed by atoms with E-state index in [9.17, 15) is 8.42 Å². The molecule has 0 spiro atoms. The lowest BCUT2D eigenvalue weighted by Crippen LogP contribution is -2.46. The lowest BCUT2D eigenvalue weighted by Gasteiger charge is -2.28. The Morgan fingerprint density at radius 3 is 2.15 bits per heavy atom. The molecule has 0 saturated carbocycles. The summed E-state index contributed by atoms with van der Waals surface area (Å²) >= 11 is 0. The van der Waals surface area contributed by atoms with Crippen molar-refractivity contribution in [3.63, 3.8) is 0 Å². The van der Waals surface area contributed by atoms with Crippen LogP contribution in [0.4, 0.5) is 5.69 Å². The molecule has 6 heteroatoms. The number of benzene rings is 1. The Morgan fingerprint density at radius 2 is 1.65 bits per heavy atom. The number of rotatable bonds is 7. The highest BCUT2D eigenvalue weighted by atomic mass is 32.2. The van der Waals surface area contributed by atoms with Gasteiger partial charge in [-0.15, -0.1) is 0 Å². The van der Waals surface area contributed by atoms with Crippen LogP contribution in [0.2, 0.25) is 0 Å². The van der Waals surface area contributed by atoms with Crippen LogP contribution in [-0.4, -0.2) is 45.4 Å². The van der Waals surface area contributed by atoms with Crippen molar-refractivity contribution in [1.29, 1.82) is 0 Å². The Hall–Kier alpha value is -1.11. The first kappa shape index (κ1) is 16.9. The van der Waals surface area contributed by atoms with E-state index < -0.39 is 10.2 Å². The molecule has 0 amide bonds. The molecule has 114 valence electrons. The van der Waals surface area contributed by atoms with E-state index in [4.69, 9.17) is 0 Å². The van der Waals surface area contributed by atoms with Crippen LogP contribution in [0, 0.1) is 0 Å². The third kappa shape index (κ3) is 4.47. The van der Waals surface area contributed by atoms with Crippen molar-refractivity contribution in [2.75, 3.05) is 25.5 Å². The molecule has 0 aromatic heterocycles. The van der Waals surface area contributed by atoms with Crippen molar-refractivity contribution in [3.05, 3.63) is 30.3 Å². The van der Waals surface area contributed by atoms with E-state index in [1.165, 1.54) is 4.31 Å². The molecule has 1 N–H and O–H groups in total. The lowest BCUT2D eigenvalue weighted by molar-refractivity contribution is 0.401. The predicted octanol–water partition coefficient (Wildman–Crippen LogP) is 1.69. The Bertz CT molecular complexity index is 502. The zero-order chi connectivity index (χ0) is 15.3. The van der Waals surface area contributed by atoms with Crippen molar-refractivity contribution in [2.24, 2.45) is 0 Å². The van der Waals surface area contributed by atoms with Crippen LogP contribution in [0.25, 0.3) is 0 Å². The summed E-state index contributed by atoms with van der Waals surface area (Å²) in [5, 5.41) is 0. The van der Waals surface area contributed by atoms with Gasteiger partial charge in [0.25, 0.3) is 10.2 Å². The summed E-state index contributed by atoms with van der Waals surface area (Å²) in [5.41, 5.74) is 1.07. The smallest absolute Gasteiger partial charge is 0.279 e. The van der Waals surface area contributed by atoms with E-state index in [0.717, 1.165) is 5.69 Å². The summed E-state index contributed by atoms with van der Waals surface area (Å²) in [6.45, 7) is 6.05. The molecule has 0 saturated heterocycles. The summed E-state index contributed by atoms with van der Waals surface area (Å²) in [4.78, 5) is 2.05. The number of likely N-dealkylation sites (N-methyl/N-ethyl adjacent to an activating group) is 1. The highest BCUT2D eigenvalue weighted by Crippen LogP contribution is 2.13. The average Bonchev–Trinajstić information content (AvgIpc) is 2.44. The monoisotopic (exact) mass is 299 g/mol. The maximum absolute atomic E-state index is 12.0. The maximum Gasteiger partial charge on any atom is 0.279 e. The zero-order valence-corrected chi connectivity index (χ0v) is 13.7. The lowest BCUT2D eigenvalue weighted by atomic mass is 10.2. The Kier molecular flexibility index (Phi) is 5.98. The molecule has 0 aliphatic heterocycles. The molecule has 20 heavy (non-hydrogen) atoms. The van der Waals surface area contributed by atoms with Gasteiger partial charge in [0, 0.05) is 38.4 Å². The van der Waals surface area contributed by atoms with E-state index in [1.807, 2.05) is 58.2 Å². The van der Waals surface area contributed by atoms with Gasteiger partial charge in [0.1, 0.15) is 0 Å². The fourth-order valence-electron chi connectivity index (χ4n) is 1.66. The number of nitrogens with one attached hydrogen (secondary N) is 1. The predicted molar refractivity (Wildman–Crippen MR) is 84.1 cm³/mol. The van der Waals surface area contributed by atoms with Crippen LogP contribution >= 0.6 is 0 Å². The van der Waals surface area contributed by atoms with Crippen molar-refractivity contribution < 1.29 is 8.42 Å². The number of hydrogen-bond acceptors (Lipinski definition) is 3. The van der Waals surface area contributed by atoms with Gasteiger partial charge in [-0.2, -0.15) is 12.7 Å². The highest BCUT2D eigenvalue weighted by Gasteiger charge is 2.21. The van der Waals surface area contributed by atoms with Gasteiger partial charge in [0.15, 0.2) is 0 Å². The standard InChI is InChI=1S/C14H25N3O2S/c1-12(2)17(5)20(18,19)15-11-13(3)16(4)14-9-7-6-8-10-14/h6-10,12-13,15H,11H2,1-5H3/t13-/m1/s1. The topological polar surface area (TPSA) is 52.7 Å². The van der Waals surface area contributed by atoms with Gasteiger partial charge in [0.2, 0.25) is 0 Å². The normalized spacial score (nSPS) is 13.8. The molecule has 0 radical (unpaired) electrons. The van der Waals surface area contributed by atoms with Crippen molar-refractivity contribution in [1.82, 2.24) is 9.03 Å². The van der Waals surface area contributed by atoms with Crippen LogP contribution in [0.1, 0.15) is 20.8 Å². The first-order chi connectivity index (χ1) is 9.25. The molecule has 0 bridgehead atoms. The molecule has 0 aliphatic rings. The Labute approximate surface area is 122 Å². The fourth-order valence-corrected chi connectivity index (χ4v) is 2.87. The molecule has 1 aromatic carbocycles. The van der Waals surface area contributed by atoms with Gasteiger partial charge in [-0.3, -0.25) is 0 Å². The molecule has 1 atom stereocenters. The number of para-hydroxylation sites is 1. The quantitative estimate of drug-likeness (QED) is 0.833. The first-order valence-corrected chi connectivity index (χ1v) is 8.20. The fraction of sp³-hybridized carbons (Fsp3) is 0.571. The molecule has 0 fully saturated rings. The molecule has 1 rings (SSSR count). The minimum Gasteiger partial charge on any atom is -0.371 e. The SMILES string of the molecule is CC(C)N(C)S(=O)(=O)NC[C@@H](C)N(C)c1ccccc1. The molecule has 1 aromatic rings. The molecular formula is C14H25N3O2S. The maximum atomic E-state index is 12.0. The van der Waals surface area contributed by atoms with Crippen LogP contribution in [0.15, 0.2) is 30.3 Å². The summed E-state index contributed by atoms with van der Waals surface area (Å²) < 4.78 is 28.0. The minimum absolute atomic E-state index is 0.0605. The average molecular weight is 299 g/mol. The van der Waals surface area contributed by atoms with Crippen LogP contribution in [0.3, 0.4) is 0 Å². The Balaban J connectivity index is 2.62. The van der Waals surface area contributed by atoms with E-state index in [0.29, 0.717) is 6.54 Å². The summed E-state index contributed by atoms with van der Waals surface area (Å²) in [7, 11) is 0.127. The third-order valence-corrected chi connectivity index (χ3v) is 5.20. The van der Waals surface area contributed by atoms with E-state index in [-0.39, 0.29) is 12.1 Å². The Morgan fingerprint density at radius 1 is 1.10 bits per heavy atom. The van der Waals surface area contributed by atoms with Crippen LogP contribution < -0.4 is 9.62 Å². The van der Waals surface area contributed by atoms with E-state index >= 15 is 0 Å². The first-order valence-electron chi connectivity index (χ1n) is 6.76. The third-order valence-electron chi connectivity index (χ3n) is 3.49. The minimum atomic E-state index is -3.41. The summed E-state index contributed by atoms with van der Waals surface area (Å²) in [6.07, 6.45) is 0. The number of hydrogen-bond donors (Lipinski definition) is 1. The van der Waals surface area contributed by atoms with Gasteiger partial charge >= 0.3 is 0 Å². The number of nitrogens with zero attached hydrogens (tertiary/aromatic N) is 2. The molecule has 5 nitrogen and oxygen atoms in total. The van der Waals surface area contributed by atoms with Gasteiger partial charge in [-0.25, -0.2) is 4.72 Å². The van der Waals surface area contributed by atoms with Gasteiger partial charge in [0.05, 0.1) is 0 Å². The summed E-state index contributed by atoms with van der Waals surface area (Å²) in [6, 6.07) is 9.91. The highest BCUT2D eigenvalue weighted by molar-refractivity contribution is 7.87. The summed E-state index contributed by atoms with van der Waals surface area (Å²) in [5.74, 6) is 0. The van der Waals surface area contributed by atoms with Crippen molar-refractivity contribution in [3.8, 4) is 0 Å². The van der Waals surface area contributed by atoms with Gasteiger partial charge < -0.3 is 4.90 Å².